The van der Waals surface area contributed by atoms with E-state index in [4.69, 9.17) is 4.74 Å². The van der Waals surface area contributed by atoms with Crippen LogP contribution in [0.2, 0.25) is 0 Å². The van der Waals surface area contributed by atoms with Gasteiger partial charge in [0.15, 0.2) is 0 Å². The first-order valence-electron chi connectivity index (χ1n) is 11.5. The molecule has 2 heterocycles. The van der Waals surface area contributed by atoms with Crippen LogP contribution in [-0.2, 0) is 16.8 Å². The lowest BCUT2D eigenvalue weighted by Gasteiger charge is -2.40. The highest BCUT2D eigenvalue weighted by Gasteiger charge is 2.46. The summed E-state index contributed by atoms with van der Waals surface area (Å²) < 4.78 is 5.55. The van der Waals surface area contributed by atoms with Gasteiger partial charge in [-0.05, 0) is 67.6 Å². The van der Waals surface area contributed by atoms with Gasteiger partial charge >= 0.3 is 0 Å². The molecule has 1 amide bonds. The Kier molecular flexibility index (Phi) is 5.87. The average Bonchev–Trinajstić information content (AvgIpc) is 3.04. The number of nitrogens with zero attached hydrogens (tertiary/aromatic N) is 2. The van der Waals surface area contributed by atoms with Crippen LogP contribution in [0.1, 0.15) is 56.7 Å². The van der Waals surface area contributed by atoms with E-state index in [1.54, 1.807) is 7.11 Å². The number of carbonyl (C=O) groups is 1. The predicted octanol–water partition coefficient (Wildman–Crippen LogP) is 5.32. The summed E-state index contributed by atoms with van der Waals surface area (Å²) in [5.74, 6) is 1.11. The number of ether oxygens (including phenoxy) is 1. The van der Waals surface area contributed by atoms with Crippen LogP contribution in [0, 0.1) is 12.3 Å². The molecule has 1 spiro atoms. The molecule has 2 aromatic rings. The van der Waals surface area contributed by atoms with Gasteiger partial charge in [-0.2, -0.15) is 0 Å². The molecule has 31 heavy (non-hydrogen) atoms. The van der Waals surface area contributed by atoms with Crippen molar-refractivity contribution in [1.82, 2.24) is 4.90 Å². The summed E-state index contributed by atoms with van der Waals surface area (Å²) in [6, 6.07) is 15.1. The number of benzene rings is 2. The monoisotopic (exact) mass is 420 g/mol. The van der Waals surface area contributed by atoms with E-state index < -0.39 is 0 Å². The van der Waals surface area contributed by atoms with Gasteiger partial charge in [0.05, 0.1) is 7.11 Å². The standard InChI is InChI=1S/C27H36N2O2/c1-20-6-8-21(9-7-20)18-28-14-12-27(13-15-28)19-29(25(30)17-26(2,3)4)24-11-10-22(31-5)16-23(24)27/h6-11,16H,12-15,17-19H2,1-5H3. The summed E-state index contributed by atoms with van der Waals surface area (Å²) >= 11 is 0. The van der Waals surface area contributed by atoms with Crippen LogP contribution in [0.4, 0.5) is 5.69 Å². The Labute approximate surface area is 187 Å². The number of methoxy groups -OCH3 is 1. The molecule has 2 aliphatic heterocycles. The highest BCUT2D eigenvalue weighted by Crippen LogP contribution is 2.49. The third-order valence-corrected chi connectivity index (χ3v) is 6.85. The molecule has 0 saturated carbocycles. The molecule has 0 aromatic heterocycles. The first-order chi connectivity index (χ1) is 14.7. The van der Waals surface area contributed by atoms with E-state index in [1.807, 2.05) is 6.07 Å². The van der Waals surface area contributed by atoms with E-state index in [-0.39, 0.29) is 16.7 Å². The molecule has 0 unspecified atom stereocenters. The fourth-order valence-corrected chi connectivity index (χ4v) is 5.07. The van der Waals surface area contributed by atoms with Crippen molar-refractivity contribution in [2.24, 2.45) is 5.41 Å². The lowest BCUT2D eigenvalue weighted by Crippen LogP contribution is -2.46. The Morgan fingerprint density at radius 1 is 1.06 bits per heavy atom. The zero-order valence-electron chi connectivity index (χ0n) is 19.7. The molecule has 4 rings (SSSR count). The SMILES string of the molecule is COc1ccc2c(c1)C1(CCN(Cc3ccc(C)cc3)CC1)CN2C(=O)CC(C)(C)C. The van der Waals surface area contributed by atoms with Crippen LogP contribution in [0.5, 0.6) is 5.75 Å². The molecule has 0 radical (unpaired) electrons. The molecule has 166 valence electrons. The van der Waals surface area contributed by atoms with Gasteiger partial charge < -0.3 is 9.64 Å². The van der Waals surface area contributed by atoms with E-state index in [1.165, 1.54) is 16.7 Å². The van der Waals surface area contributed by atoms with Crippen LogP contribution in [0.3, 0.4) is 0 Å². The first kappa shape index (κ1) is 21.9. The van der Waals surface area contributed by atoms with Gasteiger partial charge in [0, 0.05) is 30.6 Å². The van der Waals surface area contributed by atoms with Gasteiger partial charge in [-0.15, -0.1) is 0 Å². The second-order valence-electron chi connectivity index (χ2n) is 10.6. The summed E-state index contributed by atoms with van der Waals surface area (Å²) in [5, 5.41) is 0. The molecule has 1 saturated heterocycles. The van der Waals surface area contributed by atoms with E-state index in [9.17, 15) is 4.79 Å². The van der Waals surface area contributed by atoms with Crippen molar-refractivity contribution in [2.45, 2.75) is 58.9 Å². The number of rotatable bonds is 4. The fourth-order valence-electron chi connectivity index (χ4n) is 5.07. The summed E-state index contributed by atoms with van der Waals surface area (Å²) in [6.45, 7) is 12.4. The second-order valence-corrected chi connectivity index (χ2v) is 10.6. The number of likely N-dealkylation sites (tertiary alicyclic amines) is 1. The number of piperidine rings is 1. The smallest absolute Gasteiger partial charge is 0.227 e. The van der Waals surface area contributed by atoms with Crippen molar-refractivity contribution in [1.29, 1.82) is 0 Å². The summed E-state index contributed by atoms with van der Waals surface area (Å²) in [5.41, 5.74) is 5.07. The van der Waals surface area contributed by atoms with Crippen LogP contribution in [0.15, 0.2) is 42.5 Å². The number of aryl methyl sites for hydroxylation is 1. The van der Waals surface area contributed by atoms with E-state index in [2.05, 4.69) is 73.9 Å². The van der Waals surface area contributed by atoms with Crippen molar-refractivity contribution in [2.75, 3.05) is 31.6 Å². The van der Waals surface area contributed by atoms with Gasteiger partial charge in [0.25, 0.3) is 0 Å². The third-order valence-electron chi connectivity index (χ3n) is 6.85. The highest BCUT2D eigenvalue weighted by molar-refractivity contribution is 5.96. The first-order valence-corrected chi connectivity index (χ1v) is 11.5. The summed E-state index contributed by atoms with van der Waals surface area (Å²) in [6.07, 6.45) is 2.70. The lowest BCUT2D eigenvalue weighted by atomic mass is 9.74. The number of anilines is 1. The molecule has 0 aliphatic carbocycles. The zero-order chi connectivity index (χ0) is 22.2. The zero-order valence-corrected chi connectivity index (χ0v) is 19.7. The van der Waals surface area contributed by atoms with Gasteiger partial charge in [-0.25, -0.2) is 0 Å². The Hall–Kier alpha value is -2.33. The fraction of sp³-hybridized carbons (Fsp3) is 0.519. The maximum atomic E-state index is 13.2. The van der Waals surface area contributed by atoms with Crippen LogP contribution >= 0.6 is 0 Å². The lowest BCUT2D eigenvalue weighted by molar-refractivity contribution is -0.120. The molecular formula is C27H36N2O2. The Morgan fingerprint density at radius 2 is 1.74 bits per heavy atom. The van der Waals surface area contributed by atoms with Crippen LogP contribution in [0.25, 0.3) is 0 Å². The third kappa shape index (κ3) is 4.64. The van der Waals surface area contributed by atoms with Crippen molar-refractivity contribution in [3.63, 3.8) is 0 Å². The minimum atomic E-state index is -0.0170. The van der Waals surface area contributed by atoms with E-state index in [0.717, 1.165) is 50.5 Å². The number of hydrogen-bond donors (Lipinski definition) is 0. The molecule has 4 nitrogen and oxygen atoms in total. The van der Waals surface area contributed by atoms with Gasteiger partial charge in [0.2, 0.25) is 5.91 Å². The normalized spacial score (nSPS) is 18.3. The Balaban J connectivity index is 1.54. The number of fused-ring (bicyclic) bond motifs is 2. The Bertz CT molecular complexity index is 935. The number of carbonyl (C=O) groups excluding carboxylic acids is 1. The molecule has 4 heteroatoms. The van der Waals surface area contributed by atoms with Crippen molar-refractivity contribution in [3.05, 3.63) is 59.2 Å². The average molecular weight is 421 g/mol. The Morgan fingerprint density at radius 3 is 2.35 bits per heavy atom. The predicted molar refractivity (Wildman–Crippen MR) is 127 cm³/mol. The van der Waals surface area contributed by atoms with E-state index in [0.29, 0.717) is 6.42 Å². The van der Waals surface area contributed by atoms with Crippen LogP contribution < -0.4 is 9.64 Å². The van der Waals surface area contributed by atoms with Crippen molar-refractivity contribution >= 4 is 11.6 Å². The molecule has 0 N–H and O–H groups in total. The van der Waals surface area contributed by atoms with Gasteiger partial charge in [0.1, 0.15) is 5.75 Å². The molecule has 1 fully saturated rings. The molecule has 0 bridgehead atoms. The topological polar surface area (TPSA) is 32.8 Å². The van der Waals surface area contributed by atoms with E-state index >= 15 is 0 Å². The molecule has 2 aliphatic rings. The largest absolute Gasteiger partial charge is 0.497 e. The second kappa shape index (κ2) is 8.31. The summed E-state index contributed by atoms with van der Waals surface area (Å²) in [7, 11) is 1.72. The maximum absolute atomic E-state index is 13.2. The minimum absolute atomic E-state index is 0.0170. The highest BCUT2D eigenvalue weighted by atomic mass is 16.5. The molecule has 0 atom stereocenters. The van der Waals surface area contributed by atoms with Crippen molar-refractivity contribution in [3.8, 4) is 5.75 Å². The number of hydrogen-bond acceptors (Lipinski definition) is 3. The van der Waals surface area contributed by atoms with Gasteiger partial charge in [-0.3, -0.25) is 9.69 Å². The molecular weight excluding hydrogens is 384 g/mol. The van der Waals surface area contributed by atoms with Crippen molar-refractivity contribution < 1.29 is 9.53 Å². The minimum Gasteiger partial charge on any atom is -0.497 e. The quantitative estimate of drug-likeness (QED) is 0.671. The molecule has 2 aromatic carbocycles. The summed E-state index contributed by atoms with van der Waals surface area (Å²) in [4.78, 5) is 17.8. The maximum Gasteiger partial charge on any atom is 0.227 e. The van der Waals surface area contributed by atoms with Gasteiger partial charge in [-0.1, -0.05) is 50.6 Å². The van der Waals surface area contributed by atoms with Crippen LogP contribution in [-0.4, -0.2) is 37.6 Å². The number of amides is 1.